The van der Waals surface area contributed by atoms with Crippen LogP contribution in [0, 0.1) is 3.57 Å². The maximum atomic E-state index is 5.92. The molecular formula is C12H11ClINS. The summed E-state index contributed by atoms with van der Waals surface area (Å²) < 4.78 is 2.07. The molecule has 0 spiro atoms. The minimum atomic E-state index is 0.288. The van der Waals surface area contributed by atoms with Gasteiger partial charge in [0.15, 0.2) is 0 Å². The lowest BCUT2D eigenvalue weighted by atomic mass is 10.2. The van der Waals surface area contributed by atoms with Gasteiger partial charge in [0, 0.05) is 14.1 Å². The molecule has 1 heterocycles. The van der Waals surface area contributed by atoms with Crippen molar-refractivity contribution in [2.24, 2.45) is 0 Å². The van der Waals surface area contributed by atoms with Crippen molar-refractivity contribution < 1.29 is 0 Å². The number of hydrogen-bond acceptors (Lipinski definition) is 2. The molecule has 84 valence electrons. The first kappa shape index (κ1) is 12.2. The number of rotatable bonds is 3. The first-order chi connectivity index (χ1) is 7.65. The third-order valence-corrected chi connectivity index (χ3v) is 4.31. The second kappa shape index (κ2) is 5.38. The Hall–Kier alpha value is -0.260. The quantitative estimate of drug-likeness (QED) is 0.741. The lowest BCUT2D eigenvalue weighted by molar-refractivity contribution is 0.908. The number of benzene rings is 1. The van der Waals surface area contributed by atoms with Gasteiger partial charge in [0.1, 0.15) is 0 Å². The monoisotopic (exact) mass is 363 g/mol. The van der Waals surface area contributed by atoms with E-state index in [-0.39, 0.29) is 6.04 Å². The van der Waals surface area contributed by atoms with Crippen LogP contribution in [0.1, 0.15) is 17.8 Å². The van der Waals surface area contributed by atoms with E-state index >= 15 is 0 Å². The zero-order chi connectivity index (χ0) is 11.5. The van der Waals surface area contributed by atoms with E-state index < -0.39 is 0 Å². The first-order valence-electron chi connectivity index (χ1n) is 4.92. The third-order valence-electron chi connectivity index (χ3n) is 2.23. The van der Waals surface area contributed by atoms with Crippen LogP contribution in [-0.4, -0.2) is 0 Å². The molecule has 1 aromatic heterocycles. The van der Waals surface area contributed by atoms with E-state index in [0.29, 0.717) is 0 Å². The summed E-state index contributed by atoms with van der Waals surface area (Å²) in [5, 5.41) is 3.46. The molecule has 0 aliphatic rings. The average Bonchev–Trinajstić information content (AvgIpc) is 2.65. The Morgan fingerprint density at radius 2 is 2.12 bits per heavy atom. The molecule has 0 bridgehead atoms. The van der Waals surface area contributed by atoms with Crippen LogP contribution in [-0.2, 0) is 0 Å². The molecule has 4 heteroatoms. The largest absolute Gasteiger partial charge is 0.378 e. The van der Waals surface area contributed by atoms with Crippen molar-refractivity contribution in [2.45, 2.75) is 13.0 Å². The zero-order valence-corrected chi connectivity index (χ0v) is 12.4. The van der Waals surface area contributed by atoms with Gasteiger partial charge in [0.05, 0.1) is 10.4 Å². The Morgan fingerprint density at radius 1 is 1.31 bits per heavy atom. The maximum Gasteiger partial charge on any atom is 0.0932 e. The van der Waals surface area contributed by atoms with Gasteiger partial charge in [-0.3, -0.25) is 0 Å². The molecule has 0 fully saturated rings. The second-order valence-corrected chi connectivity index (χ2v) is 6.51. The molecule has 1 nitrogen and oxygen atoms in total. The summed E-state index contributed by atoms with van der Waals surface area (Å²) >= 11 is 9.86. The fourth-order valence-electron chi connectivity index (χ4n) is 1.46. The standard InChI is InChI=1S/C12H11ClINS/c1-8(11-5-6-12(13)16-11)15-10-4-2-3-9(14)7-10/h2-8,15H,1H3. The number of anilines is 1. The molecule has 0 saturated carbocycles. The summed E-state index contributed by atoms with van der Waals surface area (Å²) in [4.78, 5) is 1.25. The summed E-state index contributed by atoms with van der Waals surface area (Å²) in [6, 6.07) is 12.6. The Labute approximate surface area is 118 Å². The molecule has 0 amide bonds. The SMILES string of the molecule is CC(Nc1cccc(I)c1)c1ccc(Cl)s1. The molecule has 1 atom stereocenters. The van der Waals surface area contributed by atoms with Crippen LogP contribution in [0.25, 0.3) is 0 Å². The Kier molecular flexibility index (Phi) is 4.10. The van der Waals surface area contributed by atoms with Crippen molar-refractivity contribution in [1.29, 1.82) is 0 Å². The molecule has 1 aromatic carbocycles. The molecule has 0 aliphatic heterocycles. The number of nitrogens with one attached hydrogen (secondary N) is 1. The van der Waals surface area contributed by atoms with Gasteiger partial charge in [-0.2, -0.15) is 0 Å². The Bertz CT molecular complexity index is 483. The van der Waals surface area contributed by atoms with Crippen LogP contribution in [0.3, 0.4) is 0 Å². The number of halogens is 2. The Morgan fingerprint density at radius 3 is 2.75 bits per heavy atom. The maximum absolute atomic E-state index is 5.92. The molecule has 2 aromatic rings. The number of hydrogen-bond donors (Lipinski definition) is 1. The van der Waals surface area contributed by atoms with Gasteiger partial charge in [-0.05, 0) is 59.8 Å². The average molecular weight is 364 g/mol. The van der Waals surface area contributed by atoms with Crippen molar-refractivity contribution in [3.05, 3.63) is 49.2 Å². The van der Waals surface area contributed by atoms with Gasteiger partial charge in [-0.15, -0.1) is 11.3 Å². The van der Waals surface area contributed by atoms with Gasteiger partial charge in [-0.25, -0.2) is 0 Å². The lowest BCUT2D eigenvalue weighted by Gasteiger charge is -2.13. The van der Waals surface area contributed by atoms with E-state index in [9.17, 15) is 0 Å². The number of thiophene rings is 1. The molecular weight excluding hydrogens is 353 g/mol. The van der Waals surface area contributed by atoms with E-state index in [2.05, 4.69) is 65.2 Å². The van der Waals surface area contributed by atoms with Gasteiger partial charge >= 0.3 is 0 Å². The molecule has 0 radical (unpaired) electrons. The minimum absolute atomic E-state index is 0.288. The van der Waals surface area contributed by atoms with Crippen LogP contribution in [0.4, 0.5) is 5.69 Å². The van der Waals surface area contributed by atoms with Gasteiger partial charge in [0.2, 0.25) is 0 Å². The molecule has 1 N–H and O–H groups in total. The van der Waals surface area contributed by atoms with Crippen LogP contribution in [0.5, 0.6) is 0 Å². The second-order valence-electron chi connectivity index (χ2n) is 3.52. The van der Waals surface area contributed by atoms with Crippen molar-refractivity contribution in [2.75, 3.05) is 5.32 Å². The van der Waals surface area contributed by atoms with Crippen molar-refractivity contribution in [3.63, 3.8) is 0 Å². The normalized spacial score (nSPS) is 12.4. The minimum Gasteiger partial charge on any atom is -0.378 e. The first-order valence-corrected chi connectivity index (χ1v) is 7.20. The van der Waals surface area contributed by atoms with E-state index in [4.69, 9.17) is 11.6 Å². The molecule has 1 unspecified atom stereocenters. The zero-order valence-electron chi connectivity index (χ0n) is 8.71. The topological polar surface area (TPSA) is 12.0 Å². The summed E-state index contributed by atoms with van der Waals surface area (Å²) in [6.45, 7) is 2.14. The Balaban J connectivity index is 2.10. The molecule has 0 aliphatic carbocycles. The highest BCUT2D eigenvalue weighted by atomic mass is 127. The summed E-state index contributed by atoms with van der Waals surface area (Å²) in [6.07, 6.45) is 0. The predicted octanol–water partition coefficient (Wildman–Crippen LogP) is 5.18. The van der Waals surface area contributed by atoms with Crippen molar-refractivity contribution in [1.82, 2.24) is 0 Å². The van der Waals surface area contributed by atoms with Crippen molar-refractivity contribution in [3.8, 4) is 0 Å². The van der Waals surface area contributed by atoms with E-state index in [1.54, 1.807) is 11.3 Å². The lowest BCUT2D eigenvalue weighted by Crippen LogP contribution is -2.04. The van der Waals surface area contributed by atoms with Gasteiger partial charge < -0.3 is 5.32 Å². The summed E-state index contributed by atoms with van der Waals surface area (Å²) in [5.41, 5.74) is 1.14. The molecule has 0 saturated heterocycles. The highest BCUT2D eigenvalue weighted by Gasteiger charge is 2.07. The molecule has 2 rings (SSSR count). The van der Waals surface area contributed by atoms with Gasteiger partial charge in [0.25, 0.3) is 0 Å². The highest BCUT2D eigenvalue weighted by Crippen LogP contribution is 2.29. The fraction of sp³-hybridized carbons (Fsp3) is 0.167. The van der Waals surface area contributed by atoms with Crippen LogP contribution in [0.15, 0.2) is 36.4 Å². The van der Waals surface area contributed by atoms with Crippen LogP contribution in [0.2, 0.25) is 4.34 Å². The van der Waals surface area contributed by atoms with Crippen molar-refractivity contribution >= 4 is 51.2 Å². The predicted molar refractivity (Wildman–Crippen MR) is 80.5 cm³/mol. The van der Waals surface area contributed by atoms with E-state index in [1.807, 2.05) is 6.07 Å². The van der Waals surface area contributed by atoms with E-state index in [1.165, 1.54) is 8.45 Å². The van der Waals surface area contributed by atoms with Gasteiger partial charge in [-0.1, -0.05) is 17.7 Å². The summed E-state index contributed by atoms with van der Waals surface area (Å²) in [7, 11) is 0. The highest BCUT2D eigenvalue weighted by molar-refractivity contribution is 14.1. The van der Waals surface area contributed by atoms with Crippen LogP contribution < -0.4 is 5.32 Å². The fourth-order valence-corrected chi connectivity index (χ4v) is 3.07. The third kappa shape index (κ3) is 3.12. The molecule has 16 heavy (non-hydrogen) atoms. The smallest absolute Gasteiger partial charge is 0.0932 e. The van der Waals surface area contributed by atoms with E-state index in [0.717, 1.165) is 10.0 Å². The van der Waals surface area contributed by atoms with Crippen LogP contribution >= 0.6 is 45.5 Å². The summed E-state index contributed by atoms with van der Waals surface area (Å²) in [5.74, 6) is 0.